The molecule has 1 aromatic rings. The molecule has 4 heteroatoms. The van der Waals surface area contributed by atoms with Crippen LogP contribution in [0.1, 0.15) is 43.9 Å². The maximum atomic E-state index is 10.3. The zero-order valence-corrected chi connectivity index (χ0v) is 12.3. The van der Waals surface area contributed by atoms with Crippen molar-refractivity contribution in [3.63, 3.8) is 0 Å². The minimum atomic E-state index is -0.602. The maximum absolute atomic E-state index is 10.3. The fourth-order valence-electron chi connectivity index (χ4n) is 2.46. The van der Waals surface area contributed by atoms with Crippen molar-refractivity contribution >= 4 is 0 Å². The fourth-order valence-corrected chi connectivity index (χ4v) is 2.46. The zero-order chi connectivity index (χ0) is 15.0. The summed E-state index contributed by atoms with van der Waals surface area (Å²) in [5, 5.41) is 28.3. The van der Waals surface area contributed by atoms with Crippen molar-refractivity contribution in [2.24, 2.45) is 0 Å². The van der Waals surface area contributed by atoms with E-state index in [-0.39, 0.29) is 6.61 Å². The Bertz CT molecular complexity index is 421. The average molecular weight is 276 g/mol. The molecule has 0 saturated carbocycles. The van der Waals surface area contributed by atoms with Crippen LogP contribution in [0.4, 0.5) is 0 Å². The van der Waals surface area contributed by atoms with Gasteiger partial charge in [-0.25, -0.2) is 0 Å². The molecule has 20 heavy (non-hydrogen) atoms. The monoisotopic (exact) mass is 276 g/mol. The van der Waals surface area contributed by atoms with Gasteiger partial charge >= 0.3 is 0 Å². The lowest BCUT2D eigenvalue weighted by atomic mass is 10.0. The van der Waals surface area contributed by atoms with Gasteiger partial charge in [-0.05, 0) is 30.5 Å². The number of rotatable bonds is 8. The van der Waals surface area contributed by atoms with E-state index in [4.69, 9.17) is 10.4 Å². The summed E-state index contributed by atoms with van der Waals surface area (Å²) < 4.78 is 0. The molecule has 0 heterocycles. The van der Waals surface area contributed by atoms with E-state index in [9.17, 15) is 5.11 Å². The molecule has 1 rings (SSSR count). The molecule has 0 aliphatic carbocycles. The van der Waals surface area contributed by atoms with Crippen molar-refractivity contribution in [1.29, 1.82) is 5.26 Å². The van der Waals surface area contributed by atoms with Gasteiger partial charge in [0, 0.05) is 19.1 Å². The van der Waals surface area contributed by atoms with E-state index >= 15 is 0 Å². The van der Waals surface area contributed by atoms with Crippen LogP contribution in [-0.4, -0.2) is 40.9 Å². The number of hydrogen-bond acceptors (Lipinski definition) is 4. The van der Waals surface area contributed by atoms with E-state index in [0.717, 1.165) is 18.4 Å². The Morgan fingerprint density at radius 3 is 2.25 bits per heavy atom. The van der Waals surface area contributed by atoms with Gasteiger partial charge in [0.05, 0.1) is 24.3 Å². The van der Waals surface area contributed by atoms with E-state index in [0.29, 0.717) is 24.7 Å². The highest BCUT2D eigenvalue weighted by Gasteiger charge is 2.19. The average Bonchev–Trinajstić information content (AvgIpc) is 2.48. The summed E-state index contributed by atoms with van der Waals surface area (Å²) in [6.45, 7) is 5.40. The van der Waals surface area contributed by atoms with Crippen molar-refractivity contribution in [3.8, 4) is 6.07 Å². The molecule has 0 saturated heterocycles. The van der Waals surface area contributed by atoms with Gasteiger partial charge in [-0.15, -0.1) is 0 Å². The molecule has 0 spiro atoms. The highest BCUT2D eigenvalue weighted by atomic mass is 16.3. The maximum Gasteiger partial charge on any atom is 0.0991 e. The van der Waals surface area contributed by atoms with Gasteiger partial charge in [-0.3, -0.25) is 4.90 Å². The lowest BCUT2D eigenvalue weighted by Gasteiger charge is -2.31. The Labute approximate surface area is 121 Å². The van der Waals surface area contributed by atoms with Gasteiger partial charge in [-0.2, -0.15) is 5.26 Å². The zero-order valence-electron chi connectivity index (χ0n) is 12.3. The normalized spacial score (nSPS) is 12.7. The molecule has 0 amide bonds. The predicted molar refractivity (Wildman–Crippen MR) is 79.1 cm³/mol. The Balaban J connectivity index is 2.73. The molecular formula is C16H24N2O2. The number of aliphatic hydroxyl groups is 2. The highest BCUT2D eigenvalue weighted by molar-refractivity contribution is 5.32. The fraction of sp³-hybridized carbons (Fsp3) is 0.562. The number of benzene rings is 1. The second kappa shape index (κ2) is 8.70. The predicted octanol–water partition coefficient (Wildman–Crippen LogP) is 2.07. The highest BCUT2D eigenvalue weighted by Crippen LogP contribution is 2.18. The molecular weight excluding hydrogens is 252 g/mol. The Hall–Kier alpha value is -1.41. The molecule has 0 aliphatic rings. The van der Waals surface area contributed by atoms with Crippen LogP contribution in [0.25, 0.3) is 0 Å². The standard InChI is InChI=1S/C16H24N2O2/c1-3-15(4-2)18(9-10-19)12-16(20)14-7-5-13(11-17)6-8-14/h5-8,15-16,19-20H,3-4,9-10,12H2,1-2H3. The molecule has 0 fully saturated rings. The van der Waals surface area contributed by atoms with Crippen LogP contribution in [0.3, 0.4) is 0 Å². The summed E-state index contributed by atoms with van der Waals surface area (Å²) in [7, 11) is 0. The van der Waals surface area contributed by atoms with Crippen LogP contribution in [0.15, 0.2) is 24.3 Å². The van der Waals surface area contributed by atoms with Crippen molar-refractivity contribution < 1.29 is 10.2 Å². The van der Waals surface area contributed by atoms with Crippen LogP contribution < -0.4 is 0 Å². The first-order valence-electron chi connectivity index (χ1n) is 7.19. The first-order chi connectivity index (χ1) is 9.65. The van der Waals surface area contributed by atoms with Crippen molar-refractivity contribution in [2.75, 3.05) is 19.7 Å². The minimum absolute atomic E-state index is 0.0938. The largest absolute Gasteiger partial charge is 0.395 e. The molecule has 1 aromatic carbocycles. The topological polar surface area (TPSA) is 67.5 Å². The Morgan fingerprint density at radius 2 is 1.80 bits per heavy atom. The SMILES string of the molecule is CCC(CC)N(CCO)CC(O)c1ccc(C#N)cc1. The summed E-state index contributed by atoms with van der Waals surface area (Å²) >= 11 is 0. The summed E-state index contributed by atoms with van der Waals surface area (Å²) in [6, 6.07) is 9.43. The van der Waals surface area contributed by atoms with Crippen LogP contribution in [-0.2, 0) is 0 Å². The molecule has 110 valence electrons. The van der Waals surface area contributed by atoms with Crippen molar-refractivity contribution in [3.05, 3.63) is 35.4 Å². The summed E-state index contributed by atoms with van der Waals surface area (Å²) in [6.07, 6.45) is 1.39. The van der Waals surface area contributed by atoms with E-state index in [1.54, 1.807) is 24.3 Å². The van der Waals surface area contributed by atoms with Crippen LogP contribution >= 0.6 is 0 Å². The second-order valence-corrected chi connectivity index (χ2v) is 4.94. The first kappa shape index (κ1) is 16.6. The van der Waals surface area contributed by atoms with Gasteiger partial charge in [0.2, 0.25) is 0 Å². The van der Waals surface area contributed by atoms with Gasteiger partial charge in [0.25, 0.3) is 0 Å². The van der Waals surface area contributed by atoms with Gasteiger partial charge in [-0.1, -0.05) is 26.0 Å². The Kier molecular flexibility index (Phi) is 7.24. The van der Waals surface area contributed by atoms with Crippen LogP contribution in [0.5, 0.6) is 0 Å². The third-order valence-corrected chi connectivity index (χ3v) is 3.68. The lowest BCUT2D eigenvalue weighted by Crippen LogP contribution is -2.39. The number of hydrogen-bond donors (Lipinski definition) is 2. The van der Waals surface area contributed by atoms with E-state index in [1.165, 1.54) is 0 Å². The third-order valence-electron chi connectivity index (χ3n) is 3.68. The molecule has 4 nitrogen and oxygen atoms in total. The van der Waals surface area contributed by atoms with Gasteiger partial charge in [0.15, 0.2) is 0 Å². The third kappa shape index (κ3) is 4.61. The van der Waals surface area contributed by atoms with Crippen molar-refractivity contribution in [1.82, 2.24) is 4.90 Å². The molecule has 0 aromatic heterocycles. The van der Waals surface area contributed by atoms with E-state index in [1.807, 2.05) is 0 Å². The molecule has 1 unspecified atom stereocenters. The second-order valence-electron chi connectivity index (χ2n) is 4.94. The quantitative estimate of drug-likeness (QED) is 0.763. The molecule has 0 radical (unpaired) electrons. The molecule has 2 N–H and O–H groups in total. The van der Waals surface area contributed by atoms with Crippen molar-refractivity contribution in [2.45, 2.75) is 38.8 Å². The Morgan fingerprint density at radius 1 is 1.20 bits per heavy atom. The van der Waals surface area contributed by atoms with Gasteiger partial charge < -0.3 is 10.2 Å². The number of nitrogens with zero attached hydrogens (tertiary/aromatic N) is 2. The first-order valence-corrected chi connectivity index (χ1v) is 7.19. The molecule has 0 aliphatic heterocycles. The minimum Gasteiger partial charge on any atom is -0.395 e. The van der Waals surface area contributed by atoms with E-state index in [2.05, 4.69) is 24.8 Å². The number of aliphatic hydroxyl groups excluding tert-OH is 2. The van der Waals surface area contributed by atoms with Crippen LogP contribution in [0, 0.1) is 11.3 Å². The summed E-state index contributed by atoms with van der Waals surface area (Å²) in [4.78, 5) is 2.13. The molecule has 0 bridgehead atoms. The smallest absolute Gasteiger partial charge is 0.0991 e. The van der Waals surface area contributed by atoms with E-state index < -0.39 is 6.10 Å². The van der Waals surface area contributed by atoms with Gasteiger partial charge in [0.1, 0.15) is 0 Å². The lowest BCUT2D eigenvalue weighted by molar-refractivity contribution is 0.0698. The summed E-state index contributed by atoms with van der Waals surface area (Å²) in [5.41, 5.74) is 1.39. The molecule has 1 atom stereocenters. The number of nitriles is 1. The summed E-state index contributed by atoms with van der Waals surface area (Å²) in [5.74, 6) is 0. The van der Waals surface area contributed by atoms with Crippen LogP contribution in [0.2, 0.25) is 0 Å².